The number of sulfonamides is 1. The molecule has 120 valence electrons. The highest BCUT2D eigenvalue weighted by molar-refractivity contribution is 7.88. The van der Waals surface area contributed by atoms with E-state index in [1.165, 1.54) is 11.3 Å². The van der Waals surface area contributed by atoms with Gasteiger partial charge in [0.15, 0.2) is 0 Å². The third-order valence-corrected chi connectivity index (χ3v) is 4.51. The molecular formula is C13H23N3O3S2. The van der Waals surface area contributed by atoms with Crippen molar-refractivity contribution in [1.29, 1.82) is 0 Å². The molecule has 0 aromatic carbocycles. The van der Waals surface area contributed by atoms with Crippen LogP contribution in [0.1, 0.15) is 27.9 Å². The number of carbonyl (C=O) groups excluding carboxylic acids is 1. The Morgan fingerprint density at radius 2 is 1.95 bits per heavy atom. The van der Waals surface area contributed by atoms with Crippen molar-refractivity contribution >= 4 is 27.3 Å². The van der Waals surface area contributed by atoms with E-state index in [0.29, 0.717) is 24.4 Å². The molecule has 0 aliphatic rings. The summed E-state index contributed by atoms with van der Waals surface area (Å²) in [7, 11) is -3.16. The molecule has 0 spiro atoms. The summed E-state index contributed by atoms with van der Waals surface area (Å²) in [5.41, 5.74) is 0. The van der Waals surface area contributed by atoms with Crippen LogP contribution in [-0.2, 0) is 16.4 Å². The molecule has 0 saturated carbocycles. The second-order valence-electron chi connectivity index (χ2n) is 4.69. The van der Waals surface area contributed by atoms with E-state index in [0.717, 1.165) is 30.6 Å². The first-order valence-electron chi connectivity index (χ1n) is 6.94. The number of nitrogens with one attached hydrogen (secondary N) is 3. The van der Waals surface area contributed by atoms with Crippen molar-refractivity contribution in [3.8, 4) is 0 Å². The fourth-order valence-corrected chi connectivity index (χ4v) is 3.04. The maximum absolute atomic E-state index is 11.9. The zero-order valence-electron chi connectivity index (χ0n) is 12.4. The topological polar surface area (TPSA) is 87.3 Å². The highest BCUT2D eigenvalue weighted by Crippen LogP contribution is 2.16. The molecular weight excluding hydrogens is 310 g/mol. The molecule has 1 amide bonds. The Kier molecular flexibility index (Phi) is 7.87. The molecule has 8 heteroatoms. The van der Waals surface area contributed by atoms with Gasteiger partial charge in [-0.05, 0) is 31.5 Å². The van der Waals surface area contributed by atoms with E-state index in [2.05, 4.69) is 22.3 Å². The highest BCUT2D eigenvalue weighted by Gasteiger charge is 2.09. The predicted molar refractivity (Wildman–Crippen MR) is 86.4 cm³/mol. The predicted octanol–water partition coefficient (Wildman–Crippen LogP) is 0.569. The lowest BCUT2D eigenvalue weighted by Gasteiger charge is -2.04. The van der Waals surface area contributed by atoms with Gasteiger partial charge in [0.25, 0.3) is 5.91 Å². The molecule has 21 heavy (non-hydrogen) atoms. The van der Waals surface area contributed by atoms with Crippen LogP contribution < -0.4 is 15.4 Å². The SMILES string of the molecule is CCCNCCNC(=O)c1ccc(CCNS(C)(=O)=O)s1. The number of amides is 1. The summed E-state index contributed by atoms with van der Waals surface area (Å²) < 4.78 is 24.3. The second-order valence-corrected chi connectivity index (χ2v) is 7.69. The van der Waals surface area contributed by atoms with Gasteiger partial charge in [0.05, 0.1) is 11.1 Å². The second kappa shape index (κ2) is 9.14. The normalized spacial score (nSPS) is 11.5. The molecule has 0 unspecified atom stereocenters. The molecule has 0 aliphatic heterocycles. The molecule has 0 radical (unpaired) electrons. The van der Waals surface area contributed by atoms with E-state index in [-0.39, 0.29) is 5.91 Å². The van der Waals surface area contributed by atoms with E-state index < -0.39 is 10.0 Å². The lowest BCUT2D eigenvalue weighted by Crippen LogP contribution is -2.31. The van der Waals surface area contributed by atoms with Gasteiger partial charge < -0.3 is 10.6 Å². The van der Waals surface area contributed by atoms with Gasteiger partial charge in [-0.15, -0.1) is 11.3 Å². The fraction of sp³-hybridized carbons (Fsp3) is 0.615. The molecule has 3 N–H and O–H groups in total. The lowest BCUT2D eigenvalue weighted by molar-refractivity contribution is 0.0958. The van der Waals surface area contributed by atoms with Crippen molar-refractivity contribution in [2.24, 2.45) is 0 Å². The Morgan fingerprint density at radius 3 is 2.62 bits per heavy atom. The van der Waals surface area contributed by atoms with Crippen LogP contribution in [0, 0.1) is 0 Å². The van der Waals surface area contributed by atoms with Gasteiger partial charge in [-0.3, -0.25) is 4.79 Å². The van der Waals surface area contributed by atoms with Crippen molar-refractivity contribution in [2.45, 2.75) is 19.8 Å². The van der Waals surface area contributed by atoms with E-state index in [1.807, 2.05) is 6.07 Å². The molecule has 1 heterocycles. The number of carbonyl (C=O) groups is 1. The third kappa shape index (κ3) is 8.15. The van der Waals surface area contributed by atoms with Crippen LogP contribution in [0.3, 0.4) is 0 Å². The van der Waals surface area contributed by atoms with Crippen molar-refractivity contribution in [2.75, 3.05) is 32.4 Å². The van der Waals surface area contributed by atoms with Gasteiger partial charge in [0.1, 0.15) is 0 Å². The zero-order valence-corrected chi connectivity index (χ0v) is 14.1. The van der Waals surface area contributed by atoms with E-state index >= 15 is 0 Å². The fourth-order valence-electron chi connectivity index (χ4n) is 1.65. The monoisotopic (exact) mass is 333 g/mol. The van der Waals surface area contributed by atoms with E-state index in [9.17, 15) is 13.2 Å². The zero-order chi connectivity index (χ0) is 15.7. The van der Waals surface area contributed by atoms with Crippen LogP contribution in [0.4, 0.5) is 0 Å². The maximum Gasteiger partial charge on any atom is 0.261 e. The van der Waals surface area contributed by atoms with Crippen LogP contribution in [0.5, 0.6) is 0 Å². The first-order chi connectivity index (χ1) is 9.92. The number of rotatable bonds is 10. The van der Waals surface area contributed by atoms with Gasteiger partial charge >= 0.3 is 0 Å². The standard InChI is InChI=1S/C13H23N3O3S2/c1-3-7-14-9-10-15-13(17)12-5-4-11(20-12)6-8-16-21(2,18)19/h4-5,14,16H,3,6-10H2,1-2H3,(H,15,17). The molecule has 1 aromatic rings. The molecule has 1 aromatic heterocycles. The average molecular weight is 333 g/mol. The first-order valence-corrected chi connectivity index (χ1v) is 9.65. The van der Waals surface area contributed by atoms with E-state index in [4.69, 9.17) is 0 Å². The lowest BCUT2D eigenvalue weighted by atomic mass is 10.3. The minimum absolute atomic E-state index is 0.0828. The molecule has 0 fully saturated rings. The van der Waals surface area contributed by atoms with Crippen LogP contribution in [0.25, 0.3) is 0 Å². The minimum atomic E-state index is -3.16. The Bertz CT molecular complexity index is 541. The molecule has 0 bridgehead atoms. The minimum Gasteiger partial charge on any atom is -0.350 e. The summed E-state index contributed by atoms with van der Waals surface area (Å²) in [6, 6.07) is 3.63. The Hall–Kier alpha value is -0.960. The van der Waals surface area contributed by atoms with Crippen LogP contribution in [0.15, 0.2) is 12.1 Å². The molecule has 0 atom stereocenters. The van der Waals surface area contributed by atoms with E-state index in [1.54, 1.807) is 6.07 Å². The summed E-state index contributed by atoms with van der Waals surface area (Å²) in [5, 5.41) is 6.06. The smallest absolute Gasteiger partial charge is 0.261 e. The quantitative estimate of drug-likeness (QED) is 0.546. The Morgan fingerprint density at radius 1 is 1.19 bits per heavy atom. The van der Waals surface area contributed by atoms with Crippen LogP contribution in [0.2, 0.25) is 0 Å². The highest BCUT2D eigenvalue weighted by atomic mass is 32.2. The third-order valence-electron chi connectivity index (χ3n) is 2.64. The number of hydrogen-bond acceptors (Lipinski definition) is 5. The molecule has 0 aliphatic carbocycles. The van der Waals surface area contributed by atoms with Gasteiger partial charge in [0.2, 0.25) is 10.0 Å². The van der Waals surface area contributed by atoms with Crippen molar-refractivity contribution in [3.05, 3.63) is 21.9 Å². The molecule has 6 nitrogen and oxygen atoms in total. The Labute approximate surface area is 130 Å². The maximum atomic E-state index is 11.9. The summed E-state index contributed by atoms with van der Waals surface area (Å²) in [4.78, 5) is 13.5. The summed E-state index contributed by atoms with van der Waals surface area (Å²) >= 11 is 1.39. The van der Waals surface area contributed by atoms with Crippen molar-refractivity contribution in [1.82, 2.24) is 15.4 Å². The summed E-state index contributed by atoms with van der Waals surface area (Å²) in [6.45, 7) is 4.75. The number of thiophene rings is 1. The van der Waals surface area contributed by atoms with Crippen LogP contribution in [-0.4, -0.2) is 46.8 Å². The van der Waals surface area contributed by atoms with Crippen molar-refractivity contribution in [3.63, 3.8) is 0 Å². The molecule has 0 saturated heterocycles. The average Bonchev–Trinajstić information content (AvgIpc) is 2.85. The van der Waals surface area contributed by atoms with Crippen molar-refractivity contribution < 1.29 is 13.2 Å². The largest absolute Gasteiger partial charge is 0.350 e. The van der Waals surface area contributed by atoms with Gasteiger partial charge in [-0.25, -0.2) is 13.1 Å². The molecule has 1 rings (SSSR count). The summed E-state index contributed by atoms with van der Waals surface area (Å²) in [6.07, 6.45) is 2.79. The van der Waals surface area contributed by atoms with Gasteiger partial charge in [-0.2, -0.15) is 0 Å². The van der Waals surface area contributed by atoms with Gasteiger partial charge in [0, 0.05) is 24.5 Å². The van der Waals surface area contributed by atoms with Gasteiger partial charge in [-0.1, -0.05) is 6.92 Å². The first kappa shape index (κ1) is 18.1. The summed E-state index contributed by atoms with van der Waals surface area (Å²) in [5.74, 6) is -0.0828. The van der Waals surface area contributed by atoms with Crippen LogP contribution >= 0.6 is 11.3 Å². The number of hydrogen-bond donors (Lipinski definition) is 3. The Balaban J connectivity index is 2.31.